The van der Waals surface area contributed by atoms with Crippen LogP contribution >= 0.6 is 11.3 Å². The van der Waals surface area contributed by atoms with Crippen LogP contribution in [-0.4, -0.2) is 44.2 Å². The van der Waals surface area contributed by atoms with Crippen LogP contribution in [-0.2, 0) is 16.0 Å². The predicted octanol–water partition coefficient (Wildman–Crippen LogP) is 4.39. The molecule has 3 aromatic rings. The molecular weight excluding hydrogens is 532 g/mol. The number of thiazole rings is 1. The fraction of sp³-hybridized carbons (Fsp3) is 0.379. The third kappa shape index (κ3) is 5.89. The van der Waals surface area contributed by atoms with Crippen LogP contribution in [0.25, 0.3) is 11.1 Å². The topological polar surface area (TPSA) is 128 Å². The maximum absolute atomic E-state index is 13.6. The highest BCUT2D eigenvalue weighted by Crippen LogP contribution is 2.50. The van der Waals surface area contributed by atoms with Crippen molar-refractivity contribution in [3.05, 3.63) is 57.2 Å². The number of aryl methyl sites for hydroxylation is 1. The van der Waals surface area contributed by atoms with Gasteiger partial charge in [-0.25, -0.2) is 4.98 Å². The SMILES string of the molecule is COc1cc2c(c(OC)c1OC)-c1ccc(N[C@H](C(=O)Nc3nccs3)C(C)C)c(=O)cc1[C@H](NC(C)=O)CC2. The minimum Gasteiger partial charge on any atom is -0.493 e. The lowest BCUT2D eigenvalue weighted by Crippen LogP contribution is -2.39. The quantitative estimate of drug-likeness (QED) is 0.348. The first-order valence-electron chi connectivity index (χ1n) is 12.9. The van der Waals surface area contributed by atoms with Crippen molar-refractivity contribution in [2.24, 2.45) is 5.92 Å². The van der Waals surface area contributed by atoms with E-state index in [1.807, 2.05) is 26.0 Å². The number of amides is 2. The lowest BCUT2D eigenvalue weighted by Gasteiger charge is -2.21. The predicted molar refractivity (Wildman–Crippen MR) is 156 cm³/mol. The summed E-state index contributed by atoms with van der Waals surface area (Å²) in [5.41, 5.74) is 2.98. The molecule has 1 aliphatic carbocycles. The number of ether oxygens (including phenoxy) is 3. The zero-order valence-corrected chi connectivity index (χ0v) is 24.2. The van der Waals surface area contributed by atoms with E-state index in [4.69, 9.17) is 14.2 Å². The van der Waals surface area contributed by atoms with E-state index in [0.717, 1.165) is 11.1 Å². The Morgan fingerprint density at radius 2 is 1.82 bits per heavy atom. The first-order valence-corrected chi connectivity index (χ1v) is 13.8. The molecule has 1 aliphatic rings. The molecule has 2 aromatic carbocycles. The summed E-state index contributed by atoms with van der Waals surface area (Å²) in [5.74, 6) is 0.789. The number of nitrogens with one attached hydrogen (secondary N) is 3. The number of nitrogens with zero attached hydrogens (tertiary/aromatic N) is 1. The number of benzene rings is 1. The molecule has 0 fully saturated rings. The molecule has 0 unspecified atom stereocenters. The van der Waals surface area contributed by atoms with Gasteiger partial charge in [0.15, 0.2) is 16.6 Å². The Labute approximate surface area is 237 Å². The molecule has 40 heavy (non-hydrogen) atoms. The smallest absolute Gasteiger partial charge is 0.248 e. The van der Waals surface area contributed by atoms with E-state index in [9.17, 15) is 14.4 Å². The standard InChI is InChI=1S/C29H34N4O6S/c1-15(2)25(28(36)33-29-30-11-12-40-29)32-21-10-8-18-19(14-22(21)35)20(31-16(3)34)9-7-17-13-23(37-4)26(38-5)27(39-6)24(17)18/h8,10-15,20,25H,7,9H2,1-6H3,(H,31,34)(H,32,35)(H,30,33,36)/t20-,25+/m1/s1. The number of hydrogen-bond acceptors (Lipinski definition) is 9. The molecule has 10 nitrogen and oxygen atoms in total. The van der Waals surface area contributed by atoms with Crippen LogP contribution < -0.4 is 35.6 Å². The lowest BCUT2D eigenvalue weighted by molar-refractivity contribution is -0.120. The van der Waals surface area contributed by atoms with Crippen LogP contribution in [0.4, 0.5) is 10.8 Å². The Morgan fingerprint density at radius 1 is 1.07 bits per heavy atom. The molecule has 0 saturated carbocycles. The van der Waals surface area contributed by atoms with E-state index in [2.05, 4.69) is 20.9 Å². The summed E-state index contributed by atoms with van der Waals surface area (Å²) < 4.78 is 17.1. The van der Waals surface area contributed by atoms with E-state index in [0.29, 0.717) is 46.3 Å². The van der Waals surface area contributed by atoms with Gasteiger partial charge in [0.05, 0.1) is 33.1 Å². The van der Waals surface area contributed by atoms with Crippen molar-refractivity contribution in [2.45, 2.75) is 45.7 Å². The van der Waals surface area contributed by atoms with Crippen LogP contribution in [0.5, 0.6) is 17.2 Å². The first-order chi connectivity index (χ1) is 19.2. The molecule has 0 radical (unpaired) electrons. The first kappa shape index (κ1) is 28.9. The van der Waals surface area contributed by atoms with E-state index in [1.54, 1.807) is 31.9 Å². The Bertz CT molecular complexity index is 1460. The molecule has 0 spiro atoms. The van der Waals surface area contributed by atoms with Crippen LogP contribution in [0.1, 0.15) is 44.4 Å². The van der Waals surface area contributed by atoms with Gasteiger partial charge in [-0.05, 0) is 53.6 Å². The second kappa shape index (κ2) is 12.4. The molecular formula is C29H34N4O6S. The number of carbonyl (C=O) groups excluding carboxylic acids is 2. The van der Waals surface area contributed by atoms with Crippen LogP contribution in [0, 0.1) is 5.92 Å². The normalized spacial score (nSPS) is 14.7. The van der Waals surface area contributed by atoms with E-state index in [-0.39, 0.29) is 28.8 Å². The van der Waals surface area contributed by atoms with Gasteiger partial charge in [-0.2, -0.15) is 0 Å². The van der Waals surface area contributed by atoms with Crippen molar-refractivity contribution < 1.29 is 23.8 Å². The summed E-state index contributed by atoms with van der Waals surface area (Å²) >= 11 is 1.32. The lowest BCUT2D eigenvalue weighted by atomic mass is 9.95. The van der Waals surface area contributed by atoms with Crippen LogP contribution in [0.15, 0.2) is 40.6 Å². The second-order valence-electron chi connectivity index (χ2n) is 9.79. The van der Waals surface area contributed by atoms with Crippen molar-refractivity contribution in [3.63, 3.8) is 0 Å². The van der Waals surface area contributed by atoms with Gasteiger partial charge in [0.1, 0.15) is 6.04 Å². The number of rotatable bonds is 9. The average Bonchev–Trinajstić information content (AvgIpc) is 3.32. The van der Waals surface area contributed by atoms with Crippen molar-refractivity contribution in [2.75, 3.05) is 32.0 Å². The molecule has 4 rings (SSSR count). The molecule has 0 aliphatic heterocycles. The average molecular weight is 567 g/mol. The van der Waals surface area contributed by atoms with Gasteiger partial charge in [0.25, 0.3) is 0 Å². The molecule has 3 N–H and O–H groups in total. The van der Waals surface area contributed by atoms with Crippen LogP contribution in [0.2, 0.25) is 0 Å². The number of fused-ring (bicyclic) bond motifs is 3. The van der Waals surface area contributed by atoms with Gasteiger partial charge in [-0.1, -0.05) is 19.9 Å². The minimum absolute atomic E-state index is 0.132. The molecule has 1 heterocycles. The summed E-state index contributed by atoms with van der Waals surface area (Å²) in [6.07, 6.45) is 2.76. The molecule has 2 amide bonds. The van der Waals surface area contributed by atoms with Crippen molar-refractivity contribution in [1.82, 2.24) is 10.3 Å². The van der Waals surface area contributed by atoms with Gasteiger partial charge in [-0.3, -0.25) is 14.4 Å². The van der Waals surface area contributed by atoms with Gasteiger partial charge in [-0.15, -0.1) is 11.3 Å². The monoisotopic (exact) mass is 566 g/mol. The van der Waals surface area contributed by atoms with E-state index >= 15 is 0 Å². The summed E-state index contributed by atoms with van der Waals surface area (Å²) in [6, 6.07) is 5.80. The highest BCUT2D eigenvalue weighted by atomic mass is 32.1. The van der Waals surface area contributed by atoms with Crippen molar-refractivity contribution >= 4 is 34.0 Å². The fourth-order valence-corrected chi connectivity index (χ4v) is 5.53. The number of anilines is 2. The van der Waals surface area contributed by atoms with Crippen molar-refractivity contribution in [3.8, 4) is 28.4 Å². The minimum atomic E-state index is -0.698. The zero-order chi connectivity index (χ0) is 29.0. The third-order valence-corrected chi connectivity index (χ3v) is 7.53. The number of methoxy groups -OCH3 is 3. The summed E-state index contributed by atoms with van der Waals surface area (Å²) in [5, 5.41) is 11.2. The fourth-order valence-electron chi connectivity index (χ4n) is 5.00. The maximum Gasteiger partial charge on any atom is 0.248 e. The summed E-state index contributed by atoms with van der Waals surface area (Å²) in [4.78, 5) is 43.0. The molecule has 0 saturated heterocycles. The second-order valence-corrected chi connectivity index (χ2v) is 10.7. The summed E-state index contributed by atoms with van der Waals surface area (Å²) in [7, 11) is 4.65. The number of carbonyl (C=O) groups is 2. The van der Waals surface area contributed by atoms with Crippen LogP contribution in [0.3, 0.4) is 0 Å². The Morgan fingerprint density at radius 3 is 2.42 bits per heavy atom. The van der Waals surface area contributed by atoms with E-state index < -0.39 is 12.1 Å². The van der Waals surface area contributed by atoms with Gasteiger partial charge in [0.2, 0.25) is 23.0 Å². The number of hydrogen-bond donors (Lipinski definition) is 3. The zero-order valence-electron chi connectivity index (χ0n) is 23.4. The van der Waals surface area contributed by atoms with Gasteiger partial charge in [0, 0.05) is 24.1 Å². The molecule has 212 valence electrons. The van der Waals surface area contributed by atoms with Gasteiger partial charge >= 0.3 is 0 Å². The van der Waals surface area contributed by atoms with E-state index in [1.165, 1.54) is 31.4 Å². The van der Waals surface area contributed by atoms with Gasteiger partial charge < -0.3 is 30.2 Å². The molecule has 1 aromatic heterocycles. The Kier molecular flexibility index (Phi) is 8.93. The Balaban J connectivity index is 1.88. The largest absolute Gasteiger partial charge is 0.493 e. The third-order valence-electron chi connectivity index (χ3n) is 6.84. The highest BCUT2D eigenvalue weighted by molar-refractivity contribution is 7.13. The highest BCUT2D eigenvalue weighted by Gasteiger charge is 2.30. The maximum atomic E-state index is 13.6. The van der Waals surface area contributed by atoms with Crippen molar-refractivity contribution in [1.29, 1.82) is 0 Å². The Hall–Kier alpha value is -4.12. The molecule has 0 bridgehead atoms. The molecule has 2 atom stereocenters. The molecule has 11 heteroatoms. The summed E-state index contributed by atoms with van der Waals surface area (Å²) in [6.45, 7) is 5.25. The number of aromatic nitrogens is 1.